The van der Waals surface area contributed by atoms with Crippen LogP contribution >= 0.6 is 23.1 Å². The van der Waals surface area contributed by atoms with Crippen molar-refractivity contribution in [2.45, 2.75) is 38.1 Å². The van der Waals surface area contributed by atoms with Crippen LogP contribution in [0, 0.1) is 6.92 Å². The Morgan fingerprint density at radius 1 is 1.21 bits per heavy atom. The van der Waals surface area contributed by atoms with Gasteiger partial charge in [-0.15, -0.1) is 0 Å². The Labute approximate surface area is 209 Å². The van der Waals surface area contributed by atoms with Gasteiger partial charge in [-0.1, -0.05) is 48.2 Å². The number of hydrogen-bond acceptors (Lipinski definition) is 6. The Bertz CT molecular complexity index is 1360. The molecule has 2 N–H and O–H groups in total. The van der Waals surface area contributed by atoms with Gasteiger partial charge in [0.05, 0.1) is 16.5 Å². The summed E-state index contributed by atoms with van der Waals surface area (Å²) in [6.45, 7) is 5.26. The van der Waals surface area contributed by atoms with E-state index in [4.69, 9.17) is 0 Å². The van der Waals surface area contributed by atoms with Crippen molar-refractivity contribution < 1.29 is 22.6 Å². The molecule has 0 bridgehead atoms. The zero-order valence-electron chi connectivity index (χ0n) is 19.3. The molecule has 1 aliphatic rings. The maximum Gasteiger partial charge on any atom is 0.264 e. The Morgan fingerprint density at radius 3 is 2.74 bits per heavy atom. The molecular formula is C25H29N2O4S3+. The molecule has 0 saturated heterocycles. The summed E-state index contributed by atoms with van der Waals surface area (Å²) in [5.41, 5.74) is 4.46. The van der Waals surface area contributed by atoms with E-state index in [1.165, 1.54) is 4.70 Å². The number of aromatic nitrogens is 1. The van der Waals surface area contributed by atoms with Crippen molar-refractivity contribution in [2.75, 3.05) is 23.8 Å². The fraction of sp³-hybridized carbons (Fsp3) is 0.320. The van der Waals surface area contributed by atoms with Crippen LogP contribution in [0.5, 0.6) is 0 Å². The predicted molar refractivity (Wildman–Crippen MR) is 141 cm³/mol. The molecule has 0 saturated carbocycles. The van der Waals surface area contributed by atoms with E-state index in [0.29, 0.717) is 19.5 Å². The highest BCUT2D eigenvalue weighted by Crippen LogP contribution is 2.47. The van der Waals surface area contributed by atoms with Gasteiger partial charge in [0.2, 0.25) is 5.52 Å². The maximum atomic E-state index is 11.3. The van der Waals surface area contributed by atoms with E-state index in [1.54, 1.807) is 23.1 Å². The number of aliphatic hydroxyl groups is 1. The molecule has 0 radical (unpaired) electrons. The van der Waals surface area contributed by atoms with Gasteiger partial charge < -0.3 is 10.0 Å². The Kier molecular flexibility index (Phi) is 7.79. The molecule has 180 valence electrons. The molecule has 0 amide bonds. The first-order valence-electron chi connectivity index (χ1n) is 11.2. The normalized spacial score (nSPS) is 15.5. The molecule has 6 nitrogen and oxygen atoms in total. The second-order valence-electron chi connectivity index (χ2n) is 8.20. The van der Waals surface area contributed by atoms with Gasteiger partial charge in [0.15, 0.2) is 6.54 Å². The molecule has 1 aliphatic heterocycles. The molecule has 0 fully saturated rings. The molecule has 0 unspecified atom stereocenters. The van der Waals surface area contributed by atoms with Crippen molar-refractivity contribution in [3.8, 4) is 0 Å². The number of thiazole rings is 1. The summed E-state index contributed by atoms with van der Waals surface area (Å²) in [5.74, 6) is -0.262. The van der Waals surface area contributed by atoms with E-state index in [0.717, 1.165) is 43.7 Å². The van der Waals surface area contributed by atoms with E-state index < -0.39 is 10.1 Å². The smallest absolute Gasteiger partial charge is 0.264 e. The van der Waals surface area contributed by atoms with Gasteiger partial charge in [-0.2, -0.15) is 13.0 Å². The van der Waals surface area contributed by atoms with Crippen molar-refractivity contribution in [1.29, 1.82) is 0 Å². The number of rotatable bonds is 9. The first-order chi connectivity index (χ1) is 16.3. The molecule has 1 aromatic heterocycles. The van der Waals surface area contributed by atoms with Gasteiger partial charge in [-0.3, -0.25) is 4.55 Å². The lowest BCUT2D eigenvalue weighted by Crippen LogP contribution is -2.36. The molecule has 4 rings (SSSR count). The average Bonchev–Trinajstić information content (AvgIpc) is 3.30. The maximum absolute atomic E-state index is 11.3. The van der Waals surface area contributed by atoms with Crippen LogP contribution in [0.1, 0.15) is 30.3 Å². The van der Waals surface area contributed by atoms with Gasteiger partial charge in [0.25, 0.3) is 15.1 Å². The van der Waals surface area contributed by atoms with Crippen LogP contribution in [0.2, 0.25) is 0 Å². The topological polar surface area (TPSA) is 81.7 Å². The highest BCUT2D eigenvalue weighted by atomic mass is 32.2. The van der Waals surface area contributed by atoms with Crippen LogP contribution in [0.15, 0.2) is 64.0 Å². The Balaban J connectivity index is 1.70. The van der Waals surface area contributed by atoms with E-state index in [1.807, 2.05) is 19.1 Å². The molecule has 0 atom stereocenters. The average molecular weight is 518 g/mol. The molecule has 9 heteroatoms. The van der Waals surface area contributed by atoms with Gasteiger partial charge in [0.1, 0.15) is 11.3 Å². The summed E-state index contributed by atoms with van der Waals surface area (Å²) in [5, 5.41) is 11.7. The quantitative estimate of drug-likeness (QED) is 0.307. The number of thioether (sulfide) groups is 1. The Hall–Kier alpha value is -2.17. The third-order valence-electron chi connectivity index (χ3n) is 5.66. The SMILES string of the molecule is CCC(=Cc1sc2ccccc2[n+]1CCO)C=C1Sc2ccc(C)cc2N1CCCS(=O)(=O)O. The molecule has 2 aromatic carbocycles. The van der Waals surface area contributed by atoms with Gasteiger partial charge >= 0.3 is 0 Å². The van der Waals surface area contributed by atoms with Gasteiger partial charge in [-0.25, -0.2) is 0 Å². The van der Waals surface area contributed by atoms with Crippen molar-refractivity contribution in [1.82, 2.24) is 0 Å². The van der Waals surface area contributed by atoms with E-state index in [2.05, 4.69) is 58.9 Å². The van der Waals surface area contributed by atoms with Gasteiger partial charge in [-0.05, 0) is 55.2 Å². The van der Waals surface area contributed by atoms with Crippen molar-refractivity contribution in [2.24, 2.45) is 0 Å². The minimum atomic E-state index is -4.00. The summed E-state index contributed by atoms with van der Waals surface area (Å²) >= 11 is 3.38. The van der Waals surface area contributed by atoms with Crippen LogP contribution in [0.3, 0.4) is 0 Å². The van der Waals surface area contributed by atoms with Gasteiger partial charge in [0, 0.05) is 23.6 Å². The van der Waals surface area contributed by atoms with E-state index >= 15 is 0 Å². The largest absolute Gasteiger partial charge is 0.390 e. The number of aliphatic hydroxyl groups excluding tert-OH is 1. The number of benzene rings is 2. The fourth-order valence-electron chi connectivity index (χ4n) is 4.01. The van der Waals surface area contributed by atoms with Crippen LogP contribution in [-0.2, 0) is 16.7 Å². The summed E-state index contributed by atoms with van der Waals surface area (Å²) in [6, 6.07) is 14.5. The molecule has 0 aliphatic carbocycles. The summed E-state index contributed by atoms with van der Waals surface area (Å²) in [7, 11) is -4.00. The van der Waals surface area contributed by atoms with Crippen LogP contribution in [0.25, 0.3) is 16.3 Å². The predicted octanol–water partition coefficient (Wildman–Crippen LogP) is 5.01. The number of nitrogens with zero attached hydrogens (tertiary/aromatic N) is 2. The molecular weight excluding hydrogens is 488 g/mol. The lowest BCUT2D eigenvalue weighted by molar-refractivity contribution is -0.670. The molecule has 0 spiro atoms. The summed E-state index contributed by atoms with van der Waals surface area (Å²) in [6.07, 6.45) is 5.51. The van der Waals surface area contributed by atoms with Crippen molar-refractivity contribution in [3.63, 3.8) is 0 Å². The van der Waals surface area contributed by atoms with E-state index in [9.17, 15) is 18.1 Å². The van der Waals surface area contributed by atoms with E-state index in [-0.39, 0.29) is 12.4 Å². The highest BCUT2D eigenvalue weighted by molar-refractivity contribution is 8.03. The lowest BCUT2D eigenvalue weighted by atomic mass is 10.1. The van der Waals surface area contributed by atoms with Crippen molar-refractivity contribution >= 4 is 55.2 Å². The second-order valence-corrected chi connectivity index (χ2v) is 11.9. The number of allylic oxidation sites excluding steroid dienone is 2. The first-order valence-corrected chi connectivity index (χ1v) is 14.5. The molecule has 2 heterocycles. The number of anilines is 1. The number of para-hydroxylation sites is 1. The summed E-state index contributed by atoms with van der Waals surface area (Å²) < 4.78 is 35.0. The standard InChI is InChI=1S/C25H28N2O4S3/c1-3-19(17-25-27(12-13-28)20-7-4-5-8-22(20)32-25)16-24-26(11-6-14-34(29,30)31)21-15-18(2)9-10-23(21)33-24/h4-5,7-10,15-17,28H,3,6,11-14H2,1-2H3/p+1. The minimum absolute atomic E-state index is 0.0703. The third-order valence-corrected chi connectivity index (χ3v) is 8.69. The second kappa shape index (κ2) is 10.6. The molecule has 34 heavy (non-hydrogen) atoms. The zero-order chi connectivity index (χ0) is 24.3. The molecule has 3 aromatic rings. The van der Waals surface area contributed by atoms with Crippen LogP contribution in [0.4, 0.5) is 5.69 Å². The number of fused-ring (bicyclic) bond motifs is 2. The number of aryl methyl sites for hydroxylation is 1. The zero-order valence-corrected chi connectivity index (χ0v) is 21.7. The summed E-state index contributed by atoms with van der Waals surface area (Å²) in [4.78, 5) is 3.28. The lowest BCUT2D eigenvalue weighted by Gasteiger charge is -2.21. The monoisotopic (exact) mass is 517 g/mol. The highest BCUT2D eigenvalue weighted by Gasteiger charge is 2.26. The van der Waals surface area contributed by atoms with Crippen LogP contribution < -0.4 is 9.47 Å². The number of hydrogen-bond donors (Lipinski definition) is 2. The first kappa shape index (κ1) is 24.9. The van der Waals surface area contributed by atoms with Crippen LogP contribution in [-0.4, -0.2) is 37.0 Å². The minimum Gasteiger partial charge on any atom is -0.390 e. The Morgan fingerprint density at radius 2 is 2.00 bits per heavy atom. The van der Waals surface area contributed by atoms with Crippen molar-refractivity contribution in [3.05, 3.63) is 69.7 Å². The third kappa shape index (κ3) is 5.72. The fourth-order valence-corrected chi connectivity index (χ4v) is 6.81.